The van der Waals surface area contributed by atoms with Crippen LogP contribution in [0.15, 0.2) is 48.7 Å². The number of hydrogen-bond donors (Lipinski definition) is 1. The molecule has 0 amide bonds. The number of ether oxygens (including phenoxy) is 1. The fraction of sp³-hybridized carbons (Fsp3) is 0.417. The highest BCUT2D eigenvalue weighted by Gasteiger charge is 2.39. The van der Waals surface area contributed by atoms with E-state index < -0.39 is 0 Å². The molecule has 1 aliphatic rings. The molecule has 2 aromatic carbocycles. The predicted molar refractivity (Wildman–Crippen MR) is 110 cm³/mol. The summed E-state index contributed by atoms with van der Waals surface area (Å²) in [7, 11) is 2.12. The van der Waals surface area contributed by atoms with Gasteiger partial charge in [0, 0.05) is 30.1 Å². The normalized spacial score (nSPS) is 20.2. The van der Waals surface area contributed by atoms with Gasteiger partial charge in [-0.05, 0) is 50.3 Å². The zero-order chi connectivity index (χ0) is 19.2. The monoisotopic (exact) mass is 363 g/mol. The molecule has 27 heavy (non-hydrogen) atoms. The Morgan fingerprint density at radius 3 is 2.59 bits per heavy atom. The van der Waals surface area contributed by atoms with Crippen molar-refractivity contribution in [1.82, 2.24) is 4.57 Å². The number of nitrogens with zero attached hydrogens (tertiary/aromatic N) is 1. The summed E-state index contributed by atoms with van der Waals surface area (Å²) in [6, 6.07) is 14.3. The Morgan fingerprint density at radius 2 is 1.93 bits per heavy atom. The number of fused-ring (bicyclic) bond motifs is 1. The molecule has 1 aromatic heterocycles. The number of benzene rings is 2. The summed E-state index contributed by atoms with van der Waals surface area (Å²) in [6.45, 7) is 6.52. The second-order valence-electron chi connectivity index (χ2n) is 8.35. The van der Waals surface area contributed by atoms with E-state index in [0.717, 1.165) is 24.8 Å². The van der Waals surface area contributed by atoms with Crippen molar-refractivity contribution in [3.05, 3.63) is 65.4 Å². The molecule has 1 fully saturated rings. The molecular weight excluding hydrogens is 334 g/mol. The number of phenolic OH excluding ortho intramolecular Hbond substituents is 1. The first-order chi connectivity index (χ1) is 12.9. The van der Waals surface area contributed by atoms with Gasteiger partial charge in [-0.3, -0.25) is 0 Å². The largest absolute Gasteiger partial charge is 0.508 e. The molecule has 3 nitrogen and oxygen atoms in total. The Kier molecular flexibility index (Phi) is 4.51. The van der Waals surface area contributed by atoms with Gasteiger partial charge in [0.25, 0.3) is 0 Å². The third-order valence-corrected chi connectivity index (χ3v) is 5.98. The maximum absolute atomic E-state index is 10.6. The average molecular weight is 364 g/mol. The summed E-state index contributed by atoms with van der Waals surface area (Å²) < 4.78 is 8.70. The smallest absolute Gasteiger partial charge is 0.119 e. The summed E-state index contributed by atoms with van der Waals surface area (Å²) in [5.74, 6) is 0.364. The molecule has 3 aromatic rings. The minimum Gasteiger partial charge on any atom is -0.508 e. The lowest BCUT2D eigenvalue weighted by atomic mass is 9.84. The highest BCUT2D eigenvalue weighted by molar-refractivity contribution is 5.88. The van der Waals surface area contributed by atoms with Gasteiger partial charge in [0.2, 0.25) is 0 Å². The highest BCUT2D eigenvalue weighted by Crippen LogP contribution is 2.45. The van der Waals surface area contributed by atoms with E-state index in [1.54, 1.807) is 6.07 Å². The van der Waals surface area contributed by atoms with Crippen molar-refractivity contribution < 1.29 is 9.84 Å². The molecule has 1 saturated heterocycles. The first-order valence-electron chi connectivity index (χ1n) is 9.94. The SMILES string of the molecule is CCc1cccc2c([C@H](c3ccccc3O)[C@H]3CCC(C)(C)O3)cn(C)c12. The average Bonchev–Trinajstić information content (AvgIpc) is 3.17. The fourth-order valence-electron chi connectivity index (χ4n) is 4.69. The maximum atomic E-state index is 10.6. The van der Waals surface area contributed by atoms with E-state index in [1.807, 2.05) is 18.2 Å². The van der Waals surface area contributed by atoms with Crippen LogP contribution >= 0.6 is 0 Å². The van der Waals surface area contributed by atoms with Crippen LogP contribution in [0.1, 0.15) is 56.2 Å². The van der Waals surface area contributed by atoms with Gasteiger partial charge in [0.15, 0.2) is 0 Å². The van der Waals surface area contributed by atoms with E-state index in [1.165, 1.54) is 22.0 Å². The molecule has 0 unspecified atom stereocenters. The van der Waals surface area contributed by atoms with Crippen molar-refractivity contribution in [1.29, 1.82) is 0 Å². The molecule has 0 saturated carbocycles. The second kappa shape index (κ2) is 6.72. The van der Waals surface area contributed by atoms with Gasteiger partial charge < -0.3 is 14.4 Å². The van der Waals surface area contributed by atoms with Crippen molar-refractivity contribution in [2.24, 2.45) is 7.05 Å². The van der Waals surface area contributed by atoms with E-state index in [4.69, 9.17) is 4.74 Å². The van der Waals surface area contributed by atoms with Crippen LogP contribution in [-0.4, -0.2) is 21.4 Å². The molecule has 0 bridgehead atoms. The van der Waals surface area contributed by atoms with Crippen LogP contribution in [-0.2, 0) is 18.2 Å². The third-order valence-electron chi connectivity index (χ3n) is 5.98. The van der Waals surface area contributed by atoms with Gasteiger partial charge in [-0.2, -0.15) is 0 Å². The lowest BCUT2D eigenvalue weighted by molar-refractivity contribution is -0.0216. The molecule has 3 heteroatoms. The van der Waals surface area contributed by atoms with Crippen molar-refractivity contribution in [3.8, 4) is 5.75 Å². The number of hydrogen-bond acceptors (Lipinski definition) is 2. The number of phenols is 1. The summed E-state index contributed by atoms with van der Waals surface area (Å²) in [5.41, 5.74) is 4.71. The lowest BCUT2D eigenvalue weighted by Gasteiger charge is -2.27. The molecule has 142 valence electrons. The van der Waals surface area contributed by atoms with Crippen molar-refractivity contribution in [2.75, 3.05) is 0 Å². The van der Waals surface area contributed by atoms with Crippen molar-refractivity contribution in [2.45, 2.75) is 57.7 Å². The zero-order valence-electron chi connectivity index (χ0n) is 16.7. The Balaban J connectivity index is 1.92. The molecule has 4 rings (SSSR count). The topological polar surface area (TPSA) is 34.4 Å². The van der Waals surface area contributed by atoms with E-state index in [-0.39, 0.29) is 17.6 Å². The predicted octanol–water partition coefficient (Wildman–Crippen LogP) is 5.54. The molecule has 0 radical (unpaired) electrons. The standard InChI is InChI=1S/C24H29NO2/c1-5-16-9-8-11-17-19(15-25(4)23(16)17)22(18-10-6-7-12-20(18)26)21-13-14-24(2,3)27-21/h6-12,15,21-22,26H,5,13-14H2,1-4H3/t21-,22+/m1/s1. The minimum atomic E-state index is -0.119. The van der Waals surface area contributed by atoms with Crippen molar-refractivity contribution >= 4 is 10.9 Å². The number of rotatable bonds is 4. The minimum absolute atomic E-state index is 0.0174. The summed E-state index contributed by atoms with van der Waals surface area (Å²) >= 11 is 0. The van der Waals surface area contributed by atoms with Crippen LogP contribution in [0.25, 0.3) is 10.9 Å². The summed E-state index contributed by atoms with van der Waals surface area (Å²) in [5, 5.41) is 11.9. The number of para-hydroxylation sites is 2. The summed E-state index contributed by atoms with van der Waals surface area (Å²) in [4.78, 5) is 0. The zero-order valence-corrected chi connectivity index (χ0v) is 16.7. The van der Waals surface area contributed by atoms with Crippen LogP contribution in [0.2, 0.25) is 0 Å². The van der Waals surface area contributed by atoms with E-state index in [0.29, 0.717) is 5.75 Å². The number of aromatic hydroxyl groups is 1. The molecule has 2 atom stereocenters. The van der Waals surface area contributed by atoms with Crippen LogP contribution in [0, 0.1) is 0 Å². The highest BCUT2D eigenvalue weighted by atomic mass is 16.5. The number of aromatic nitrogens is 1. The third kappa shape index (κ3) is 3.14. The van der Waals surface area contributed by atoms with E-state index in [2.05, 4.69) is 56.8 Å². The maximum Gasteiger partial charge on any atom is 0.119 e. The van der Waals surface area contributed by atoms with Crippen LogP contribution < -0.4 is 0 Å². The molecule has 1 N–H and O–H groups in total. The van der Waals surface area contributed by atoms with Gasteiger partial charge >= 0.3 is 0 Å². The van der Waals surface area contributed by atoms with Crippen LogP contribution in [0.4, 0.5) is 0 Å². The Bertz CT molecular complexity index is 970. The van der Waals surface area contributed by atoms with Gasteiger partial charge in [0.05, 0.1) is 17.2 Å². The van der Waals surface area contributed by atoms with Gasteiger partial charge in [0.1, 0.15) is 5.75 Å². The summed E-state index contributed by atoms with van der Waals surface area (Å²) in [6.07, 6.45) is 5.32. The molecule has 2 heterocycles. The van der Waals surface area contributed by atoms with Crippen LogP contribution in [0.5, 0.6) is 5.75 Å². The second-order valence-corrected chi connectivity index (χ2v) is 8.35. The Morgan fingerprint density at radius 1 is 1.15 bits per heavy atom. The quantitative estimate of drug-likeness (QED) is 0.661. The first-order valence-corrected chi connectivity index (χ1v) is 9.94. The molecule has 1 aliphatic heterocycles. The molecule has 0 spiro atoms. The fourth-order valence-corrected chi connectivity index (χ4v) is 4.69. The lowest BCUT2D eigenvalue weighted by Crippen LogP contribution is -2.25. The Hall–Kier alpha value is -2.26. The number of aryl methyl sites for hydroxylation is 2. The van der Waals surface area contributed by atoms with Gasteiger partial charge in [-0.25, -0.2) is 0 Å². The van der Waals surface area contributed by atoms with E-state index >= 15 is 0 Å². The van der Waals surface area contributed by atoms with Crippen molar-refractivity contribution in [3.63, 3.8) is 0 Å². The van der Waals surface area contributed by atoms with Crippen LogP contribution in [0.3, 0.4) is 0 Å². The first kappa shape index (κ1) is 18.1. The van der Waals surface area contributed by atoms with Gasteiger partial charge in [-0.15, -0.1) is 0 Å². The molecule has 0 aliphatic carbocycles. The Labute approximate surface area is 161 Å². The van der Waals surface area contributed by atoms with E-state index in [9.17, 15) is 5.11 Å². The van der Waals surface area contributed by atoms with Gasteiger partial charge in [-0.1, -0.05) is 43.3 Å². The molecular formula is C24H29NO2.